The molecule has 0 radical (unpaired) electrons. The number of amides is 1. The van der Waals surface area contributed by atoms with Gasteiger partial charge in [-0.25, -0.2) is 0 Å². The number of hydrogen-bond donors (Lipinski definition) is 1. The van der Waals surface area contributed by atoms with Crippen molar-refractivity contribution in [2.45, 2.75) is 31.0 Å². The van der Waals surface area contributed by atoms with Gasteiger partial charge in [0.25, 0.3) is 0 Å². The molecular formula is C16H20N4O2S. The van der Waals surface area contributed by atoms with Gasteiger partial charge in [0.1, 0.15) is 18.7 Å². The van der Waals surface area contributed by atoms with Crippen molar-refractivity contribution in [3.05, 3.63) is 36.2 Å². The molecule has 0 unspecified atom stereocenters. The first kappa shape index (κ1) is 15.9. The lowest BCUT2D eigenvalue weighted by Crippen LogP contribution is -2.29. The largest absolute Gasteiger partial charge is 0.492 e. The molecule has 3 rings (SSSR count). The van der Waals surface area contributed by atoms with Crippen LogP contribution in [0.3, 0.4) is 0 Å². The number of aromatic nitrogens is 3. The highest BCUT2D eigenvalue weighted by molar-refractivity contribution is 7.99. The molecule has 23 heavy (non-hydrogen) atoms. The number of rotatable bonds is 8. The monoisotopic (exact) mass is 332 g/mol. The molecule has 1 aliphatic rings. The van der Waals surface area contributed by atoms with E-state index in [4.69, 9.17) is 4.74 Å². The summed E-state index contributed by atoms with van der Waals surface area (Å²) in [5.41, 5.74) is 1.16. The van der Waals surface area contributed by atoms with Crippen molar-refractivity contribution in [3.63, 3.8) is 0 Å². The van der Waals surface area contributed by atoms with Crippen LogP contribution in [0.5, 0.6) is 5.75 Å². The van der Waals surface area contributed by atoms with Gasteiger partial charge in [-0.1, -0.05) is 23.9 Å². The molecule has 0 bridgehead atoms. The molecule has 0 saturated heterocycles. The van der Waals surface area contributed by atoms with Crippen molar-refractivity contribution < 1.29 is 9.53 Å². The maximum atomic E-state index is 11.9. The summed E-state index contributed by atoms with van der Waals surface area (Å²) in [6.45, 7) is 2.97. The van der Waals surface area contributed by atoms with E-state index in [-0.39, 0.29) is 5.91 Å². The van der Waals surface area contributed by atoms with Crippen molar-refractivity contribution >= 4 is 17.7 Å². The summed E-state index contributed by atoms with van der Waals surface area (Å²) in [5, 5.41) is 11.7. The van der Waals surface area contributed by atoms with Gasteiger partial charge in [-0.05, 0) is 37.5 Å². The molecule has 0 spiro atoms. The van der Waals surface area contributed by atoms with Gasteiger partial charge in [-0.3, -0.25) is 4.79 Å². The van der Waals surface area contributed by atoms with Crippen LogP contribution in [0.2, 0.25) is 0 Å². The minimum absolute atomic E-state index is 0.0202. The van der Waals surface area contributed by atoms with Crippen LogP contribution in [0.25, 0.3) is 0 Å². The standard InChI is InChI=1S/C16H20N4O2S/c1-12-3-2-4-14(9-12)22-8-7-17-15(21)10-23-16-19-18-11-20(16)13-5-6-13/h2-4,9,11,13H,5-8,10H2,1H3,(H,17,21). The fraction of sp³-hybridized carbons (Fsp3) is 0.438. The van der Waals surface area contributed by atoms with Crippen LogP contribution >= 0.6 is 11.8 Å². The third-order valence-corrected chi connectivity index (χ3v) is 4.45. The number of hydrogen-bond acceptors (Lipinski definition) is 5. The molecule has 0 atom stereocenters. The third-order valence-electron chi connectivity index (χ3n) is 3.50. The Bertz CT molecular complexity index is 670. The Balaban J connectivity index is 1.34. The lowest BCUT2D eigenvalue weighted by Gasteiger charge is -2.08. The lowest BCUT2D eigenvalue weighted by atomic mass is 10.2. The fourth-order valence-corrected chi connectivity index (χ4v) is 3.00. The van der Waals surface area contributed by atoms with Crippen LogP contribution < -0.4 is 10.1 Å². The zero-order valence-electron chi connectivity index (χ0n) is 13.1. The molecule has 1 N–H and O–H groups in total. The van der Waals surface area contributed by atoms with Crippen molar-refractivity contribution in [1.82, 2.24) is 20.1 Å². The molecule has 1 saturated carbocycles. The van der Waals surface area contributed by atoms with E-state index in [0.717, 1.165) is 16.5 Å². The summed E-state index contributed by atoms with van der Waals surface area (Å²) < 4.78 is 7.65. The molecule has 7 heteroatoms. The van der Waals surface area contributed by atoms with E-state index in [1.54, 1.807) is 6.33 Å². The second-order valence-electron chi connectivity index (χ2n) is 5.56. The van der Waals surface area contributed by atoms with E-state index < -0.39 is 0 Å². The number of carbonyl (C=O) groups excluding carboxylic acids is 1. The van der Waals surface area contributed by atoms with Gasteiger partial charge in [0.15, 0.2) is 5.16 Å². The Labute approximate surface area is 139 Å². The highest BCUT2D eigenvalue weighted by atomic mass is 32.2. The number of nitrogens with one attached hydrogen (secondary N) is 1. The first-order valence-electron chi connectivity index (χ1n) is 7.71. The van der Waals surface area contributed by atoms with Crippen LogP contribution in [0.4, 0.5) is 0 Å². The number of nitrogens with zero attached hydrogens (tertiary/aromatic N) is 3. The Hall–Kier alpha value is -2.02. The molecule has 1 aliphatic carbocycles. The average Bonchev–Trinajstić information content (AvgIpc) is 3.28. The van der Waals surface area contributed by atoms with Crippen LogP contribution in [0, 0.1) is 6.92 Å². The van der Waals surface area contributed by atoms with Crippen molar-refractivity contribution in [3.8, 4) is 5.75 Å². The topological polar surface area (TPSA) is 69.0 Å². The van der Waals surface area contributed by atoms with Gasteiger partial charge in [-0.15, -0.1) is 10.2 Å². The van der Waals surface area contributed by atoms with Gasteiger partial charge in [0.2, 0.25) is 5.91 Å². The highest BCUT2D eigenvalue weighted by Gasteiger charge is 2.26. The van der Waals surface area contributed by atoms with E-state index in [0.29, 0.717) is 24.9 Å². The Morgan fingerprint density at radius 1 is 1.48 bits per heavy atom. The van der Waals surface area contributed by atoms with E-state index >= 15 is 0 Å². The van der Waals surface area contributed by atoms with Crippen molar-refractivity contribution in [2.24, 2.45) is 0 Å². The number of aryl methyl sites for hydroxylation is 1. The SMILES string of the molecule is Cc1cccc(OCCNC(=O)CSc2nncn2C2CC2)c1. The summed E-state index contributed by atoms with van der Waals surface area (Å²) in [6, 6.07) is 8.39. The molecule has 1 aromatic carbocycles. The lowest BCUT2D eigenvalue weighted by molar-refractivity contribution is -0.118. The normalized spacial score (nSPS) is 13.8. The van der Waals surface area contributed by atoms with E-state index in [1.165, 1.54) is 24.6 Å². The minimum atomic E-state index is -0.0202. The van der Waals surface area contributed by atoms with Gasteiger partial charge in [-0.2, -0.15) is 0 Å². The Kier molecular flexibility index (Phi) is 5.17. The highest BCUT2D eigenvalue weighted by Crippen LogP contribution is 2.37. The number of carbonyl (C=O) groups is 1. The van der Waals surface area contributed by atoms with E-state index in [1.807, 2.05) is 31.2 Å². The first-order chi connectivity index (χ1) is 11.2. The summed E-state index contributed by atoms with van der Waals surface area (Å²) in [7, 11) is 0. The zero-order chi connectivity index (χ0) is 16.1. The average molecular weight is 332 g/mol. The summed E-state index contributed by atoms with van der Waals surface area (Å²) in [6.07, 6.45) is 4.09. The second-order valence-corrected chi connectivity index (χ2v) is 6.50. The number of ether oxygens (including phenoxy) is 1. The van der Waals surface area contributed by atoms with Gasteiger partial charge < -0.3 is 14.6 Å². The molecule has 122 valence electrons. The quantitative estimate of drug-likeness (QED) is 0.593. The summed E-state index contributed by atoms with van der Waals surface area (Å²) >= 11 is 1.42. The van der Waals surface area contributed by atoms with E-state index in [2.05, 4.69) is 20.1 Å². The minimum Gasteiger partial charge on any atom is -0.492 e. The molecule has 1 aromatic heterocycles. The van der Waals surface area contributed by atoms with Crippen LogP contribution in [0.15, 0.2) is 35.7 Å². The third kappa shape index (κ3) is 4.72. The first-order valence-corrected chi connectivity index (χ1v) is 8.69. The van der Waals surface area contributed by atoms with E-state index in [9.17, 15) is 4.79 Å². The molecular weight excluding hydrogens is 312 g/mol. The number of thioether (sulfide) groups is 1. The summed E-state index contributed by atoms with van der Waals surface area (Å²) in [4.78, 5) is 11.9. The predicted octanol–water partition coefficient (Wildman–Crippen LogP) is 2.21. The predicted molar refractivity (Wildman–Crippen MR) is 88.7 cm³/mol. The number of benzene rings is 1. The maximum absolute atomic E-state index is 11.9. The maximum Gasteiger partial charge on any atom is 0.230 e. The summed E-state index contributed by atoms with van der Waals surface area (Å²) in [5.74, 6) is 1.15. The molecule has 1 fully saturated rings. The van der Waals surface area contributed by atoms with Gasteiger partial charge in [0, 0.05) is 6.04 Å². The molecule has 0 aliphatic heterocycles. The Morgan fingerprint density at radius 3 is 3.13 bits per heavy atom. The van der Waals surface area contributed by atoms with Crippen molar-refractivity contribution in [2.75, 3.05) is 18.9 Å². The molecule has 1 amide bonds. The van der Waals surface area contributed by atoms with Gasteiger partial charge in [0.05, 0.1) is 12.3 Å². The Morgan fingerprint density at radius 2 is 2.35 bits per heavy atom. The zero-order valence-corrected chi connectivity index (χ0v) is 13.9. The van der Waals surface area contributed by atoms with Crippen molar-refractivity contribution in [1.29, 1.82) is 0 Å². The van der Waals surface area contributed by atoms with Crippen LogP contribution in [-0.2, 0) is 4.79 Å². The van der Waals surface area contributed by atoms with Gasteiger partial charge >= 0.3 is 0 Å². The molecule has 1 heterocycles. The van der Waals surface area contributed by atoms with Crippen LogP contribution in [0.1, 0.15) is 24.4 Å². The van der Waals surface area contributed by atoms with Crippen LogP contribution in [-0.4, -0.2) is 39.6 Å². The molecule has 2 aromatic rings. The smallest absolute Gasteiger partial charge is 0.230 e. The fourth-order valence-electron chi connectivity index (χ4n) is 2.18. The molecule has 6 nitrogen and oxygen atoms in total. The second kappa shape index (κ2) is 7.50.